The highest BCUT2D eigenvalue weighted by atomic mass is 15.2. The van der Waals surface area contributed by atoms with Gasteiger partial charge < -0.3 is 9.80 Å². The van der Waals surface area contributed by atoms with Crippen LogP contribution in [0, 0.1) is 0 Å². The van der Waals surface area contributed by atoms with Crippen LogP contribution in [0.5, 0.6) is 0 Å². The molecule has 64 heavy (non-hydrogen) atoms. The zero-order valence-electron chi connectivity index (χ0n) is 35.0. The first kappa shape index (κ1) is 35.5. The van der Waals surface area contributed by atoms with E-state index in [1.54, 1.807) is 0 Å². The molecule has 0 saturated heterocycles. The van der Waals surface area contributed by atoms with Crippen molar-refractivity contribution >= 4 is 57.2 Å². The average Bonchev–Trinajstić information content (AvgIpc) is 3.84. The fourth-order valence-electron chi connectivity index (χ4n) is 11.9. The molecule has 1 spiro atoms. The van der Waals surface area contributed by atoms with E-state index >= 15 is 0 Å². The second kappa shape index (κ2) is 13.4. The van der Waals surface area contributed by atoms with E-state index in [0.717, 1.165) is 11.4 Å². The molecule has 2 heterocycles. The first-order valence-electron chi connectivity index (χ1n) is 22.4. The van der Waals surface area contributed by atoms with Gasteiger partial charge in [-0.3, -0.25) is 0 Å². The number of para-hydroxylation sites is 1. The predicted octanol–water partition coefficient (Wildman–Crippen LogP) is 13.4. The molecule has 2 aliphatic heterocycles. The van der Waals surface area contributed by atoms with Crippen molar-refractivity contribution in [3.63, 3.8) is 0 Å². The van der Waals surface area contributed by atoms with E-state index in [1.807, 2.05) is 0 Å². The maximum absolute atomic E-state index is 2.54. The van der Waals surface area contributed by atoms with Crippen LogP contribution in [0.2, 0.25) is 0 Å². The van der Waals surface area contributed by atoms with Crippen molar-refractivity contribution in [2.75, 3.05) is 9.80 Å². The lowest BCUT2D eigenvalue weighted by Crippen LogP contribution is -2.61. The summed E-state index contributed by atoms with van der Waals surface area (Å²) in [5.74, 6) is 0. The Kier molecular flexibility index (Phi) is 7.44. The molecule has 10 aromatic carbocycles. The number of anilines is 6. The molecule has 0 aromatic heterocycles. The minimum atomic E-state index is -0.384. The molecule has 2 nitrogen and oxygen atoms in total. The second-order valence-electron chi connectivity index (χ2n) is 17.5. The molecule has 14 rings (SSSR count). The molecular formula is C61H39BN2. The van der Waals surface area contributed by atoms with Crippen LogP contribution in [0.15, 0.2) is 237 Å². The monoisotopic (exact) mass is 810 g/mol. The number of nitrogens with zero attached hydrogens (tertiary/aromatic N) is 2. The van der Waals surface area contributed by atoms with Gasteiger partial charge in [-0.05, 0) is 132 Å². The Labute approximate surface area is 374 Å². The van der Waals surface area contributed by atoms with Crippen molar-refractivity contribution in [2.24, 2.45) is 0 Å². The Balaban J connectivity index is 0.991. The molecule has 0 N–H and O–H groups in total. The highest BCUT2D eigenvalue weighted by Gasteiger charge is 2.52. The number of rotatable bonds is 4. The number of hydrogen-bond donors (Lipinski definition) is 0. The topological polar surface area (TPSA) is 6.48 Å². The lowest BCUT2D eigenvalue weighted by molar-refractivity contribution is 0.794. The smallest absolute Gasteiger partial charge is 0.252 e. The molecule has 0 saturated carbocycles. The van der Waals surface area contributed by atoms with Crippen molar-refractivity contribution in [1.29, 1.82) is 0 Å². The molecule has 0 amide bonds. The molecule has 2 aliphatic carbocycles. The summed E-state index contributed by atoms with van der Waals surface area (Å²) in [4.78, 5) is 5.04. The molecule has 10 aromatic rings. The summed E-state index contributed by atoms with van der Waals surface area (Å²) in [7, 11) is 0. The molecular weight excluding hydrogens is 771 g/mol. The third-order valence-corrected chi connectivity index (χ3v) is 14.5. The van der Waals surface area contributed by atoms with Gasteiger partial charge in [-0.2, -0.15) is 0 Å². The molecule has 4 aliphatic rings. The Morgan fingerprint density at radius 3 is 1.39 bits per heavy atom. The van der Waals surface area contributed by atoms with Crippen LogP contribution < -0.4 is 26.2 Å². The lowest BCUT2D eigenvalue weighted by Gasteiger charge is -2.44. The summed E-state index contributed by atoms with van der Waals surface area (Å²) in [6.07, 6.45) is 0. The van der Waals surface area contributed by atoms with Crippen LogP contribution >= 0.6 is 0 Å². The SMILES string of the molecule is c1ccc(-c2ccc(N3c4ccc(-c5ccccc5)cc4B4c5ccccc5N(c5ccc6c(c5)-c5ccccc5C65c6ccccc6-c6ccccc65)c5cccc3c54)cc2)cc1. The number of hydrogen-bond acceptors (Lipinski definition) is 2. The van der Waals surface area contributed by atoms with Gasteiger partial charge in [0.15, 0.2) is 0 Å². The second-order valence-corrected chi connectivity index (χ2v) is 17.5. The van der Waals surface area contributed by atoms with Crippen LogP contribution in [0.3, 0.4) is 0 Å². The van der Waals surface area contributed by atoms with E-state index in [1.165, 1.54) is 106 Å². The largest absolute Gasteiger partial charge is 0.311 e. The minimum Gasteiger partial charge on any atom is -0.311 e. The van der Waals surface area contributed by atoms with Gasteiger partial charge in [-0.15, -0.1) is 0 Å². The van der Waals surface area contributed by atoms with Gasteiger partial charge >= 0.3 is 0 Å². The molecule has 3 heteroatoms. The Hall–Kier alpha value is -8.14. The van der Waals surface area contributed by atoms with Gasteiger partial charge in [-0.1, -0.05) is 188 Å². The summed E-state index contributed by atoms with van der Waals surface area (Å²) in [5, 5.41) is 0. The van der Waals surface area contributed by atoms with Gasteiger partial charge in [-0.25, -0.2) is 0 Å². The van der Waals surface area contributed by atoms with Crippen LogP contribution in [-0.2, 0) is 5.41 Å². The van der Waals surface area contributed by atoms with Crippen molar-refractivity contribution in [3.05, 3.63) is 259 Å². The van der Waals surface area contributed by atoms with Crippen LogP contribution in [0.1, 0.15) is 22.3 Å². The summed E-state index contributed by atoms with van der Waals surface area (Å²) in [6.45, 7) is 0.0297. The summed E-state index contributed by atoms with van der Waals surface area (Å²) in [5.41, 5.74) is 26.2. The van der Waals surface area contributed by atoms with Crippen LogP contribution in [0.4, 0.5) is 34.1 Å². The first-order valence-corrected chi connectivity index (χ1v) is 22.4. The predicted molar refractivity (Wildman–Crippen MR) is 268 cm³/mol. The normalized spacial score (nSPS) is 14.0. The molecule has 0 unspecified atom stereocenters. The number of benzene rings is 10. The molecule has 0 fully saturated rings. The zero-order valence-corrected chi connectivity index (χ0v) is 35.0. The highest BCUT2D eigenvalue weighted by molar-refractivity contribution is 7.00. The highest BCUT2D eigenvalue weighted by Crippen LogP contribution is 2.63. The van der Waals surface area contributed by atoms with Crippen molar-refractivity contribution in [2.45, 2.75) is 5.41 Å². The third kappa shape index (κ3) is 4.76. The number of fused-ring (bicyclic) bond motifs is 14. The van der Waals surface area contributed by atoms with Gasteiger partial charge in [0.05, 0.1) is 5.41 Å². The van der Waals surface area contributed by atoms with Gasteiger partial charge in [0.25, 0.3) is 6.71 Å². The summed E-state index contributed by atoms with van der Waals surface area (Å²) >= 11 is 0. The zero-order chi connectivity index (χ0) is 41.9. The minimum absolute atomic E-state index is 0.0297. The summed E-state index contributed by atoms with van der Waals surface area (Å²) < 4.78 is 0. The fourth-order valence-corrected chi connectivity index (χ4v) is 11.9. The maximum Gasteiger partial charge on any atom is 0.252 e. The Morgan fingerprint density at radius 2 is 0.734 bits per heavy atom. The van der Waals surface area contributed by atoms with E-state index < -0.39 is 0 Å². The van der Waals surface area contributed by atoms with Crippen molar-refractivity contribution in [1.82, 2.24) is 0 Å². The Morgan fingerprint density at radius 1 is 0.281 bits per heavy atom. The van der Waals surface area contributed by atoms with E-state index in [0.29, 0.717) is 0 Å². The molecule has 296 valence electrons. The van der Waals surface area contributed by atoms with Crippen LogP contribution in [-0.4, -0.2) is 6.71 Å². The Bertz CT molecular complexity index is 3480. The van der Waals surface area contributed by atoms with Gasteiger partial charge in [0.1, 0.15) is 0 Å². The van der Waals surface area contributed by atoms with E-state index in [2.05, 4.69) is 246 Å². The third-order valence-electron chi connectivity index (χ3n) is 14.5. The first-order chi connectivity index (χ1) is 31.8. The van der Waals surface area contributed by atoms with Crippen molar-refractivity contribution in [3.8, 4) is 44.5 Å². The standard InChI is InChI=1S/C61H39BN2/c1-3-16-40(17-4-1)42-30-33-44(34-31-42)63-57-37-32-43(41-18-5-2-6-19-41)38-55(57)62-54-26-13-14-27-56(54)64(59-29-15-28-58(63)60(59)62)45-35-36-53-49(39-45)48-22-9-12-25-52(48)61(53)50-23-10-7-20-46(50)47-21-8-11-24-51(47)61/h1-39H. The quantitative estimate of drug-likeness (QED) is 0.163. The lowest BCUT2D eigenvalue weighted by atomic mass is 9.33. The summed E-state index contributed by atoms with van der Waals surface area (Å²) in [6, 6.07) is 88.3. The fraction of sp³-hybridized carbons (Fsp3) is 0.0164. The molecule has 0 bridgehead atoms. The molecule has 0 atom stereocenters. The van der Waals surface area contributed by atoms with E-state index in [4.69, 9.17) is 0 Å². The van der Waals surface area contributed by atoms with Gasteiger partial charge in [0, 0.05) is 34.1 Å². The molecule has 0 radical (unpaired) electrons. The maximum atomic E-state index is 2.54. The van der Waals surface area contributed by atoms with E-state index in [9.17, 15) is 0 Å². The van der Waals surface area contributed by atoms with Crippen LogP contribution in [0.25, 0.3) is 44.5 Å². The van der Waals surface area contributed by atoms with Crippen molar-refractivity contribution < 1.29 is 0 Å². The average molecular weight is 811 g/mol. The van der Waals surface area contributed by atoms with E-state index in [-0.39, 0.29) is 12.1 Å². The van der Waals surface area contributed by atoms with Gasteiger partial charge in [0.2, 0.25) is 0 Å².